The van der Waals surface area contributed by atoms with Gasteiger partial charge in [0.05, 0.1) is 12.2 Å². The van der Waals surface area contributed by atoms with E-state index < -0.39 is 5.60 Å². The Kier molecular flexibility index (Phi) is 4.34. The van der Waals surface area contributed by atoms with Gasteiger partial charge in [-0.2, -0.15) is 0 Å². The summed E-state index contributed by atoms with van der Waals surface area (Å²) in [5.41, 5.74) is 4.41. The van der Waals surface area contributed by atoms with Crippen LogP contribution < -0.4 is 4.90 Å². The van der Waals surface area contributed by atoms with Gasteiger partial charge >= 0.3 is 0 Å². The van der Waals surface area contributed by atoms with E-state index in [0.29, 0.717) is 17.7 Å². The molecule has 0 radical (unpaired) electrons. The third-order valence-corrected chi connectivity index (χ3v) is 6.49. The first kappa shape index (κ1) is 19.1. The fourth-order valence-corrected chi connectivity index (χ4v) is 4.80. The molecule has 1 aliphatic rings. The van der Waals surface area contributed by atoms with Crippen LogP contribution in [0.2, 0.25) is 0 Å². The molecule has 0 spiro atoms. The average Bonchev–Trinajstić information content (AvgIpc) is 3.24. The average molecular weight is 461 g/mol. The number of hydrogen-bond acceptors (Lipinski definition) is 2. The zero-order valence-corrected chi connectivity index (χ0v) is 18.3. The Morgan fingerprint density at radius 1 is 1.03 bits per heavy atom. The van der Waals surface area contributed by atoms with E-state index in [1.54, 1.807) is 11.1 Å². The number of amides is 1. The van der Waals surface area contributed by atoms with Crippen molar-refractivity contribution in [3.05, 3.63) is 99.2 Å². The molecule has 5 rings (SSSR count). The maximum Gasteiger partial charge on any atom is 0.268 e. The van der Waals surface area contributed by atoms with E-state index in [9.17, 15) is 9.90 Å². The van der Waals surface area contributed by atoms with Crippen molar-refractivity contribution in [3.63, 3.8) is 0 Å². The van der Waals surface area contributed by atoms with Crippen molar-refractivity contribution >= 4 is 38.4 Å². The maximum absolute atomic E-state index is 13.8. The molecule has 1 amide bonds. The second kappa shape index (κ2) is 6.83. The van der Waals surface area contributed by atoms with Gasteiger partial charge in [0.25, 0.3) is 5.91 Å². The molecule has 2 N–H and O–H groups in total. The Labute approximate surface area is 183 Å². The van der Waals surface area contributed by atoms with Crippen LogP contribution in [0.5, 0.6) is 0 Å². The lowest BCUT2D eigenvalue weighted by Gasteiger charge is -2.24. The summed E-state index contributed by atoms with van der Waals surface area (Å²) in [7, 11) is 0. The molecule has 30 heavy (non-hydrogen) atoms. The third-order valence-electron chi connectivity index (χ3n) is 6.00. The summed E-state index contributed by atoms with van der Waals surface area (Å²) in [4.78, 5) is 18.7. The number of anilines is 1. The first-order chi connectivity index (χ1) is 14.4. The SMILES string of the molecule is Cc1ccc(CN2C(=O)[C@@](O)(c3c[nH]c4ccccc34)c3cc(Br)ccc32)c(C)c1. The summed E-state index contributed by atoms with van der Waals surface area (Å²) < 4.78 is 0.820. The Morgan fingerprint density at radius 2 is 1.83 bits per heavy atom. The molecule has 1 atom stereocenters. The van der Waals surface area contributed by atoms with Crippen molar-refractivity contribution in [1.82, 2.24) is 4.98 Å². The van der Waals surface area contributed by atoms with Crippen LogP contribution in [0, 0.1) is 13.8 Å². The summed E-state index contributed by atoms with van der Waals surface area (Å²) in [5, 5.41) is 12.8. The molecule has 0 bridgehead atoms. The number of rotatable bonds is 3. The second-order valence-corrected chi connectivity index (χ2v) is 8.86. The Balaban J connectivity index is 1.68. The number of aliphatic hydroxyl groups is 1. The molecular weight excluding hydrogens is 440 g/mol. The molecule has 0 saturated heterocycles. The molecule has 1 aromatic heterocycles. The molecule has 4 nitrogen and oxygen atoms in total. The predicted octanol–water partition coefficient (Wildman–Crippen LogP) is 5.33. The molecule has 150 valence electrons. The minimum Gasteiger partial charge on any atom is -0.372 e. The lowest BCUT2D eigenvalue weighted by atomic mass is 9.87. The number of aryl methyl sites for hydroxylation is 2. The van der Waals surface area contributed by atoms with Gasteiger partial charge < -0.3 is 15.0 Å². The normalized spacial score (nSPS) is 18.3. The standard InChI is InChI=1S/C25H21BrN2O2/c1-15-7-8-17(16(2)11-15)14-28-23-10-9-18(26)12-20(23)25(30,24(28)29)21-13-27-22-6-4-3-5-19(21)22/h3-13,27,30H,14H2,1-2H3/t25-/m0/s1. The van der Waals surface area contributed by atoms with E-state index in [4.69, 9.17) is 0 Å². The van der Waals surface area contributed by atoms with Gasteiger partial charge in [0.2, 0.25) is 0 Å². The molecule has 0 fully saturated rings. The number of nitrogens with one attached hydrogen (secondary N) is 1. The van der Waals surface area contributed by atoms with Gasteiger partial charge in [0, 0.05) is 32.7 Å². The van der Waals surface area contributed by atoms with E-state index in [0.717, 1.165) is 32.2 Å². The van der Waals surface area contributed by atoms with Crippen LogP contribution in [-0.2, 0) is 16.9 Å². The van der Waals surface area contributed by atoms with E-state index in [2.05, 4.69) is 53.0 Å². The van der Waals surface area contributed by atoms with Crippen molar-refractivity contribution < 1.29 is 9.90 Å². The van der Waals surface area contributed by atoms with Gasteiger partial charge in [-0.1, -0.05) is 57.9 Å². The zero-order chi connectivity index (χ0) is 21.0. The third kappa shape index (κ3) is 2.73. The van der Waals surface area contributed by atoms with Gasteiger partial charge in [-0.05, 0) is 49.2 Å². The van der Waals surface area contributed by atoms with Crippen LogP contribution in [0.3, 0.4) is 0 Å². The molecule has 2 heterocycles. The Bertz CT molecular complexity index is 1310. The minimum atomic E-state index is -1.75. The van der Waals surface area contributed by atoms with Crippen molar-refractivity contribution in [2.75, 3.05) is 4.90 Å². The summed E-state index contributed by atoms with van der Waals surface area (Å²) in [6.07, 6.45) is 1.74. The highest BCUT2D eigenvalue weighted by atomic mass is 79.9. The number of benzene rings is 3. The highest BCUT2D eigenvalue weighted by Crippen LogP contribution is 2.47. The zero-order valence-electron chi connectivity index (χ0n) is 16.7. The molecule has 0 unspecified atom stereocenters. The number of aromatic nitrogens is 1. The largest absolute Gasteiger partial charge is 0.372 e. The van der Waals surface area contributed by atoms with Crippen LogP contribution in [0.1, 0.15) is 27.8 Å². The topological polar surface area (TPSA) is 56.3 Å². The van der Waals surface area contributed by atoms with Crippen LogP contribution >= 0.6 is 15.9 Å². The number of carbonyl (C=O) groups is 1. The van der Waals surface area contributed by atoms with Crippen molar-refractivity contribution in [2.24, 2.45) is 0 Å². The predicted molar refractivity (Wildman–Crippen MR) is 123 cm³/mol. The molecule has 0 aliphatic carbocycles. The van der Waals surface area contributed by atoms with Gasteiger partial charge in [-0.25, -0.2) is 0 Å². The second-order valence-electron chi connectivity index (χ2n) is 7.94. The van der Waals surface area contributed by atoms with Gasteiger partial charge in [0.1, 0.15) is 0 Å². The molecule has 4 aromatic rings. The number of carbonyl (C=O) groups excluding carboxylic acids is 1. The van der Waals surface area contributed by atoms with E-state index in [1.807, 2.05) is 42.5 Å². The fourth-order valence-electron chi connectivity index (χ4n) is 4.44. The smallest absolute Gasteiger partial charge is 0.268 e. The van der Waals surface area contributed by atoms with E-state index in [-0.39, 0.29) is 5.91 Å². The molecule has 3 aromatic carbocycles. The lowest BCUT2D eigenvalue weighted by Crippen LogP contribution is -2.40. The van der Waals surface area contributed by atoms with Crippen molar-refractivity contribution in [2.45, 2.75) is 26.0 Å². The number of aromatic amines is 1. The number of nitrogens with zero attached hydrogens (tertiary/aromatic N) is 1. The number of halogens is 1. The summed E-state index contributed by atoms with van der Waals surface area (Å²) in [5.74, 6) is -0.333. The molecular formula is C25H21BrN2O2. The Hall–Kier alpha value is -2.89. The number of H-pyrrole nitrogens is 1. The van der Waals surface area contributed by atoms with Gasteiger partial charge in [-0.15, -0.1) is 0 Å². The Morgan fingerprint density at radius 3 is 2.63 bits per heavy atom. The molecule has 1 aliphatic heterocycles. The molecule has 5 heteroatoms. The minimum absolute atomic E-state index is 0.333. The summed E-state index contributed by atoms with van der Waals surface area (Å²) >= 11 is 3.51. The lowest BCUT2D eigenvalue weighted by molar-refractivity contribution is -0.132. The number of hydrogen-bond donors (Lipinski definition) is 2. The highest BCUT2D eigenvalue weighted by molar-refractivity contribution is 9.10. The van der Waals surface area contributed by atoms with E-state index >= 15 is 0 Å². The first-order valence-electron chi connectivity index (χ1n) is 9.86. The summed E-state index contributed by atoms with van der Waals surface area (Å²) in [6, 6.07) is 19.6. The van der Waals surface area contributed by atoms with Crippen LogP contribution in [-0.4, -0.2) is 16.0 Å². The number of para-hydroxylation sites is 1. The van der Waals surface area contributed by atoms with Crippen LogP contribution in [0.4, 0.5) is 5.69 Å². The van der Waals surface area contributed by atoms with Gasteiger partial charge in [-0.3, -0.25) is 4.79 Å². The van der Waals surface area contributed by atoms with Gasteiger partial charge in [0.15, 0.2) is 5.60 Å². The van der Waals surface area contributed by atoms with Crippen molar-refractivity contribution in [1.29, 1.82) is 0 Å². The summed E-state index contributed by atoms with van der Waals surface area (Å²) in [6.45, 7) is 4.52. The highest BCUT2D eigenvalue weighted by Gasteiger charge is 2.52. The fraction of sp³-hybridized carbons (Fsp3) is 0.160. The maximum atomic E-state index is 13.8. The van der Waals surface area contributed by atoms with Crippen LogP contribution in [0.15, 0.2) is 71.3 Å². The first-order valence-corrected chi connectivity index (χ1v) is 10.7. The van der Waals surface area contributed by atoms with Crippen LogP contribution in [0.25, 0.3) is 10.9 Å². The monoisotopic (exact) mass is 460 g/mol. The quantitative estimate of drug-likeness (QED) is 0.434. The molecule has 0 saturated carbocycles. The van der Waals surface area contributed by atoms with Crippen molar-refractivity contribution in [3.8, 4) is 0 Å². The van der Waals surface area contributed by atoms with E-state index in [1.165, 1.54) is 5.56 Å². The number of fused-ring (bicyclic) bond motifs is 2.